The average Bonchev–Trinajstić information content (AvgIpc) is 2.48. The maximum Gasteiger partial charge on any atom is 0.240 e. The van der Waals surface area contributed by atoms with Crippen LogP contribution >= 0.6 is 0 Å². The van der Waals surface area contributed by atoms with Gasteiger partial charge in [-0.05, 0) is 50.2 Å². The van der Waals surface area contributed by atoms with Crippen molar-refractivity contribution in [2.24, 2.45) is 0 Å². The Kier molecular flexibility index (Phi) is 5.61. The van der Waals surface area contributed by atoms with Gasteiger partial charge in [0, 0.05) is 24.8 Å². The lowest BCUT2D eigenvalue weighted by molar-refractivity contribution is 0.227. The number of piperidine rings is 1. The first-order valence-electron chi connectivity index (χ1n) is 7.63. The van der Waals surface area contributed by atoms with Crippen molar-refractivity contribution >= 4 is 15.7 Å². The number of hydrogen-bond acceptors (Lipinski definition) is 4. The van der Waals surface area contributed by atoms with E-state index in [1.807, 2.05) is 12.1 Å². The Morgan fingerprint density at radius 3 is 2.57 bits per heavy atom. The van der Waals surface area contributed by atoms with Gasteiger partial charge >= 0.3 is 0 Å². The van der Waals surface area contributed by atoms with Crippen LogP contribution in [-0.2, 0) is 10.0 Å². The summed E-state index contributed by atoms with van der Waals surface area (Å²) in [7, 11) is -3.36. The molecule has 5 nitrogen and oxygen atoms in total. The number of nitrogens with one attached hydrogen (secondary N) is 2. The van der Waals surface area contributed by atoms with Gasteiger partial charge in [-0.2, -0.15) is 0 Å². The lowest BCUT2D eigenvalue weighted by Crippen LogP contribution is -2.41. The van der Waals surface area contributed by atoms with E-state index >= 15 is 0 Å². The summed E-state index contributed by atoms with van der Waals surface area (Å²) in [5.41, 5.74) is 0.980. The smallest absolute Gasteiger partial charge is 0.240 e. The highest BCUT2D eigenvalue weighted by molar-refractivity contribution is 7.89. The Morgan fingerprint density at radius 2 is 1.95 bits per heavy atom. The van der Waals surface area contributed by atoms with Crippen LogP contribution in [0.15, 0.2) is 29.2 Å². The Hall–Kier alpha value is -1.11. The van der Waals surface area contributed by atoms with Crippen molar-refractivity contribution in [3.05, 3.63) is 24.3 Å². The zero-order valence-corrected chi connectivity index (χ0v) is 13.6. The molecule has 1 aromatic rings. The van der Waals surface area contributed by atoms with Crippen molar-refractivity contribution in [3.8, 4) is 0 Å². The number of likely N-dealkylation sites (N-methyl/N-ethyl adjacent to an activating group) is 1. The molecule has 2 rings (SSSR count). The molecule has 0 aromatic heterocycles. The maximum absolute atomic E-state index is 11.9. The number of hydrogen-bond donors (Lipinski definition) is 2. The van der Waals surface area contributed by atoms with Crippen molar-refractivity contribution in [1.82, 2.24) is 9.62 Å². The minimum atomic E-state index is -3.36. The van der Waals surface area contributed by atoms with E-state index in [0.717, 1.165) is 25.2 Å². The summed E-state index contributed by atoms with van der Waals surface area (Å²) in [5.74, 6) is 0. The van der Waals surface area contributed by atoms with Crippen LogP contribution < -0.4 is 10.0 Å². The second-order valence-corrected chi connectivity index (χ2v) is 7.17. The van der Waals surface area contributed by atoms with E-state index < -0.39 is 10.0 Å². The number of rotatable bonds is 6. The molecule has 1 heterocycles. The molecule has 1 aromatic carbocycles. The Bertz CT molecular complexity index is 543. The lowest BCUT2D eigenvalue weighted by atomic mass is 10.1. The molecule has 1 fully saturated rings. The molecule has 1 saturated heterocycles. The molecule has 2 N–H and O–H groups in total. The fraction of sp³-hybridized carbons (Fsp3) is 0.600. The number of nitrogens with zero attached hydrogens (tertiary/aromatic N) is 1. The lowest BCUT2D eigenvalue weighted by Gasteiger charge is -2.32. The molecule has 0 amide bonds. The first-order valence-corrected chi connectivity index (χ1v) is 9.12. The fourth-order valence-electron chi connectivity index (χ4n) is 2.70. The molecule has 1 aliphatic rings. The molecule has 0 spiro atoms. The summed E-state index contributed by atoms with van der Waals surface area (Å²) in [6.45, 7) is 7.66. The summed E-state index contributed by atoms with van der Waals surface area (Å²) in [5, 5.41) is 3.50. The van der Waals surface area contributed by atoms with E-state index in [9.17, 15) is 8.42 Å². The molecule has 0 radical (unpaired) electrons. The first-order chi connectivity index (χ1) is 10.0. The molecule has 0 bridgehead atoms. The van der Waals surface area contributed by atoms with Gasteiger partial charge in [0.1, 0.15) is 0 Å². The summed E-state index contributed by atoms with van der Waals surface area (Å²) < 4.78 is 26.3. The van der Waals surface area contributed by atoms with Gasteiger partial charge in [0.05, 0.1) is 4.90 Å². The number of benzene rings is 1. The Balaban J connectivity index is 1.99. The van der Waals surface area contributed by atoms with Crippen LogP contribution in [-0.4, -0.2) is 45.5 Å². The SMILES string of the molecule is CCNS(=O)(=O)c1ccc(NC2CCCN(CC)C2)cc1. The Labute approximate surface area is 127 Å². The molecular formula is C15H25N3O2S. The molecule has 1 unspecified atom stereocenters. The van der Waals surface area contributed by atoms with Gasteiger partial charge in [0.25, 0.3) is 0 Å². The van der Waals surface area contributed by atoms with Gasteiger partial charge in [0.15, 0.2) is 0 Å². The molecule has 1 atom stereocenters. The zero-order chi connectivity index (χ0) is 15.3. The predicted molar refractivity (Wildman–Crippen MR) is 86.1 cm³/mol. The van der Waals surface area contributed by atoms with E-state index in [-0.39, 0.29) is 0 Å². The van der Waals surface area contributed by atoms with Crippen LogP contribution in [0.2, 0.25) is 0 Å². The summed E-state index contributed by atoms with van der Waals surface area (Å²) in [6.07, 6.45) is 2.37. The van der Waals surface area contributed by atoms with Crippen LogP contribution in [0.25, 0.3) is 0 Å². The quantitative estimate of drug-likeness (QED) is 0.842. The highest BCUT2D eigenvalue weighted by Crippen LogP contribution is 2.18. The molecule has 0 aliphatic carbocycles. The van der Waals surface area contributed by atoms with Gasteiger partial charge in [0.2, 0.25) is 10.0 Å². The standard InChI is InChI=1S/C15H25N3O2S/c1-3-16-21(19,20)15-9-7-13(8-10-15)17-14-6-5-11-18(4-2)12-14/h7-10,14,16-17H,3-6,11-12H2,1-2H3. The highest BCUT2D eigenvalue weighted by Gasteiger charge is 2.18. The number of anilines is 1. The third-order valence-corrected chi connectivity index (χ3v) is 5.38. The summed E-state index contributed by atoms with van der Waals surface area (Å²) >= 11 is 0. The van der Waals surface area contributed by atoms with Gasteiger partial charge in [-0.3, -0.25) is 0 Å². The Morgan fingerprint density at radius 1 is 1.24 bits per heavy atom. The van der Waals surface area contributed by atoms with Gasteiger partial charge in [-0.25, -0.2) is 13.1 Å². The van der Waals surface area contributed by atoms with Crippen molar-refractivity contribution in [3.63, 3.8) is 0 Å². The van der Waals surface area contributed by atoms with Crippen molar-refractivity contribution in [2.75, 3.05) is 31.5 Å². The van der Waals surface area contributed by atoms with Crippen LogP contribution in [0.1, 0.15) is 26.7 Å². The van der Waals surface area contributed by atoms with Crippen molar-refractivity contribution < 1.29 is 8.42 Å². The van der Waals surface area contributed by atoms with Gasteiger partial charge in [-0.15, -0.1) is 0 Å². The second-order valence-electron chi connectivity index (χ2n) is 5.40. The molecule has 1 aliphatic heterocycles. The van der Waals surface area contributed by atoms with Gasteiger partial charge < -0.3 is 10.2 Å². The highest BCUT2D eigenvalue weighted by atomic mass is 32.2. The van der Waals surface area contributed by atoms with Crippen molar-refractivity contribution in [2.45, 2.75) is 37.6 Å². The number of sulfonamides is 1. The van der Waals surface area contributed by atoms with Gasteiger partial charge in [-0.1, -0.05) is 13.8 Å². The first kappa shape index (κ1) is 16.3. The van der Waals surface area contributed by atoms with E-state index in [4.69, 9.17) is 0 Å². The normalized spacial score (nSPS) is 20.4. The van der Waals surface area contributed by atoms with Crippen LogP contribution in [0.5, 0.6) is 0 Å². The molecular weight excluding hydrogens is 286 g/mol. The van der Waals surface area contributed by atoms with Crippen LogP contribution in [0.3, 0.4) is 0 Å². The van der Waals surface area contributed by atoms with Crippen LogP contribution in [0.4, 0.5) is 5.69 Å². The summed E-state index contributed by atoms with van der Waals surface area (Å²) in [4.78, 5) is 2.75. The molecule has 118 valence electrons. The minimum absolute atomic E-state index is 0.314. The molecule has 21 heavy (non-hydrogen) atoms. The average molecular weight is 311 g/mol. The zero-order valence-electron chi connectivity index (χ0n) is 12.8. The van der Waals surface area contributed by atoms with Crippen LogP contribution in [0, 0.1) is 0 Å². The largest absolute Gasteiger partial charge is 0.381 e. The number of likely N-dealkylation sites (tertiary alicyclic amines) is 1. The summed E-state index contributed by atoms with van der Waals surface area (Å²) in [6, 6.07) is 7.43. The fourth-order valence-corrected chi connectivity index (χ4v) is 3.74. The monoisotopic (exact) mass is 311 g/mol. The van der Waals surface area contributed by atoms with E-state index in [2.05, 4.69) is 21.9 Å². The van der Waals surface area contributed by atoms with E-state index in [1.54, 1.807) is 19.1 Å². The second kappa shape index (κ2) is 7.24. The van der Waals surface area contributed by atoms with E-state index in [1.165, 1.54) is 13.0 Å². The topological polar surface area (TPSA) is 61.4 Å². The maximum atomic E-state index is 11.9. The third kappa shape index (κ3) is 4.43. The molecule has 6 heteroatoms. The predicted octanol–water partition coefficient (Wildman–Crippen LogP) is 1.88. The van der Waals surface area contributed by atoms with Crippen molar-refractivity contribution in [1.29, 1.82) is 0 Å². The minimum Gasteiger partial charge on any atom is -0.381 e. The van der Waals surface area contributed by atoms with E-state index in [0.29, 0.717) is 17.5 Å². The third-order valence-electron chi connectivity index (χ3n) is 3.82. The molecule has 0 saturated carbocycles.